The van der Waals surface area contributed by atoms with Crippen LogP contribution in [0.2, 0.25) is 0 Å². The number of esters is 1. The average Bonchev–Trinajstić information content (AvgIpc) is 3.18. The smallest absolute Gasteiger partial charge is 0.348 e. The molecule has 0 aliphatic heterocycles. The van der Waals surface area contributed by atoms with Gasteiger partial charge in [0, 0.05) is 6.07 Å². The molecule has 1 fully saturated rings. The van der Waals surface area contributed by atoms with E-state index in [4.69, 9.17) is 14.2 Å². The molecule has 2 heterocycles. The van der Waals surface area contributed by atoms with Crippen LogP contribution in [0.5, 0.6) is 11.5 Å². The summed E-state index contributed by atoms with van der Waals surface area (Å²) in [4.78, 5) is 44.0. The molecule has 1 saturated carbocycles. The van der Waals surface area contributed by atoms with E-state index in [0.29, 0.717) is 37.7 Å². The predicted octanol–water partition coefficient (Wildman–Crippen LogP) is 4.16. The molecule has 3 aromatic rings. The number of carbonyl (C=O) groups excluding carboxylic acids is 2. The summed E-state index contributed by atoms with van der Waals surface area (Å²) in [6.45, 7) is 1.51. The first-order valence-corrected chi connectivity index (χ1v) is 11.7. The molecular formula is C24H26N2O6S. The summed E-state index contributed by atoms with van der Waals surface area (Å²) in [6, 6.07) is 4.88. The number of fused-ring (bicyclic) bond motifs is 1. The third-order valence-corrected chi connectivity index (χ3v) is 7.13. The lowest BCUT2D eigenvalue weighted by molar-refractivity contribution is 0.0216. The molecule has 0 N–H and O–H groups in total. The number of hydrogen-bond acceptors (Lipinski definition) is 8. The molecule has 0 saturated heterocycles. The van der Waals surface area contributed by atoms with Crippen LogP contribution in [0.25, 0.3) is 10.2 Å². The lowest BCUT2D eigenvalue weighted by atomic mass is 9.98. The van der Waals surface area contributed by atoms with E-state index in [2.05, 4.69) is 4.98 Å². The molecular weight excluding hydrogens is 444 g/mol. The van der Waals surface area contributed by atoms with Gasteiger partial charge in [0.15, 0.2) is 5.78 Å². The molecule has 0 atom stereocenters. The normalized spacial score (nSPS) is 14.3. The number of aryl methyl sites for hydroxylation is 1. The van der Waals surface area contributed by atoms with Gasteiger partial charge in [-0.3, -0.25) is 14.2 Å². The Labute approximate surface area is 195 Å². The van der Waals surface area contributed by atoms with Crippen molar-refractivity contribution in [2.24, 2.45) is 0 Å². The lowest BCUT2D eigenvalue weighted by Crippen LogP contribution is -2.25. The maximum atomic E-state index is 13.2. The van der Waals surface area contributed by atoms with Crippen molar-refractivity contribution >= 4 is 33.3 Å². The van der Waals surface area contributed by atoms with Crippen LogP contribution in [0.4, 0.5) is 0 Å². The van der Waals surface area contributed by atoms with Crippen LogP contribution in [0, 0.1) is 6.92 Å². The molecule has 0 unspecified atom stereocenters. The Morgan fingerprint density at radius 2 is 1.91 bits per heavy atom. The zero-order valence-corrected chi connectivity index (χ0v) is 19.7. The number of ketones is 1. The van der Waals surface area contributed by atoms with Crippen molar-refractivity contribution in [3.05, 3.63) is 50.9 Å². The van der Waals surface area contributed by atoms with E-state index in [1.54, 1.807) is 25.1 Å². The Balaban J connectivity index is 1.60. The Morgan fingerprint density at radius 1 is 1.15 bits per heavy atom. The van der Waals surface area contributed by atoms with Gasteiger partial charge < -0.3 is 14.2 Å². The summed E-state index contributed by atoms with van der Waals surface area (Å²) in [5.41, 5.74) is 0.507. The number of benzene rings is 1. The Morgan fingerprint density at radius 3 is 2.61 bits per heavy atom. The van der Waals surface area contributed by atoms with Crippen LogP contribution in [-0.2, 0) is 11.3 Å². The standard InChI is InChI=1S/C24H26N2O6S/c1-14-20-22(33-21(14)24(29)32-15-7-5-4-6-8-15)25-13-26(23(20)28)12-18(27)17-10-9-16(30-2)11-19(17)31-3/h9-11,13,15H,4-8,12H2,1-3H3. The van der Waals surface area contributed by atoms with Crippen LogP contribution < -0.4 is 15.0 Å². The first-order valence-electron chi connectivity index (χ1n) is 10.9. The van der Waals surface area contributed by atoms with E-state index < -0.39 is 5.97 Å². The molecule has 174 valence electrons. The van der Waals surface area contributed by atoms with Gasteiger partial charge in [-0.25, -0.2) is 9.78 Å². The maximum absolute atomic E-state index is 13.2. The van der Waals surface area contributed by atoms with Gasteiger partial charge in [0.25, 0.3) is 5.56 Å². The summed E-state index contributed by atoms with van der Waals surface area (Å²) in [5, 5.41) is 0.340. The first kappa shape index (κ1) is 23.0. The van der Waals surface area contributed by atoms with E-state index >= 15 is 0 Å². The fourth-order valence-corrected chi connectivity index (χ4v) is 5.15. The number of Topliss-reactive ketones (excluding diaryl/α,β-unsaturated/α-hetero) is 1. The van der Waals surface area contributed by atoms with Crippen LogP contribution in [0.3, 0.4) is 0 Å². The van der Waals surface area contributed by atoms with Gasteiger partial charge >= 0.3 is 5.97 Å². The van der Waals surface area contributed by atoms with E-state index in [1.807, 2.05) is 0 Å². The molecule has 0 bridgehead atoms. The quantitative estimate of drug-likeness (QED) is 0.378. The topological polar surface area (TPSA) is 96.7 Å². The summed E-state index contributed by atoms with van der Waals surface area (Å²) in [6.07, 6.45) is 6.30. The second-order valence-corrected chi connectivity index (χ2v) is 9.07. The summed E-state index contributed by atoms with van der Waals surface area (Å²) >= 11 is 1.15. The van der Waals surface area contributed by atoms with Crippen LogP contribution in [0.15, 0.2) is 29.3 Å². The van der Waals surface area contributed by atoms with Gasteiger partial charge in [0.1, 0.15) is 27.3 Å². The largest absolute Gasteiger partial charge is 0.497 e. The molecule has 2 aromatic heterocycles. The Bertz CT molecular complexity index is 1260. The lowest BCUT2D eigenvalue weighted by Gasteiger charge is -2.21. The maximum Gasteiger partial charge on any atom is 0.348 e. The van der Waals surface area contributed by atoms with Crippen molar-refractivity contribution in [1.82, 2.24) is 9.55 Å². The van der Waals surface area contributed by atoms with Gasteiger partial charge in [-0.15, -0.1) is 11.3 Å². The number of hydrogen-bond donors (Lipinski definition) is 0. The molecule has 0 radical (unpaired) electrons. The Hall–Kier alpha value is -3.20. The highest BCUT2D eigenvalue weighted by molar-refractivity contribution is 7.20. The molecule has 1 aromatic carbocycles. The number of methoxy groups -OCH3 is 2. The van der Waals surface area contributed by atoms with Crippen molar-refractivity contribution in [3.8, 4) is 11.5 Å². The third-order valence-electron chi connectivity index (χ3n) is 5.95. The summed E-state index contributed by atoms with van der Waals surface area (Å²) in [7, 11) is 2.99. The molecule has 1 aliphatic carbocycles. The van der Waals surface area contributed by atoms with Gasteiger partial charge in [-0.2, -0.15) is 0 Å². The van der Waals surface area contributed by atoms with E-state index in [9.17, 15) is 14.4 Å². The fourth-order valence-electron chi connectivity index (χ4n) is 4.12. The minimum Gasteiger partial charge on any atom is -0.497 e. The number of rotatable bonds is 7. The molecule has 33 heavy (non-hydrogen) atoms. The van der Waals surface area contributed by atoms with E-state index in [0.717, 1.165) is 37.0 Å². The van der Waals surface area contributed by atoms with Crippen molar-refractivity contribution in [2.45, 2.75) is 51.7 Å². The molecule has 9 heteroatoms. The van der Waals surface area contributed by atoms with Gasteiger partial charge in [0.05, 0.1) is 38.0 Å². The van der Waals surface area contributed by atoms with Crippen LogP contribution in [-0.4, -0.2) is 41.6 Å². The summed E-state index contributed by atoms with van der Waals surface area (Å²) in [5.74, 6) is 0.209. The first-order chi connectivity index (χ1) is 15.9. The van der Waals surface area contributed by atoms with Crippen molar-refractivity contribution in [2.75, 3.05) is 14.2 Å². The van der Waals surface area contributed by atoms with Crippen molar-refractivity contribution < 1.29 is 23.8 Å². The molecule has 0 spiro atoms. The third kappa shape index (κ3) is 4.64. The van der Waals surface area contributed by atoms with Gasteiger partial charge in [-0.1, -0.05) is 6.42 Å². The van der Waals surface area contributed by atoms with Crippen LogP contribution >= 0.6 is 11.3 Å². The molecule has 8 nitrogen and oxygen atoms in total. The van der Waals surface area contributed by atoms with Crippen LogP contribution in [0.1, 0.15) is 57.7 Å². The zero-order chi connectivity index (χ0) is 23.5. The Kier molecular flexibility index (Phi) is 6.78. The second kappa shape index (κ2) is 9.74. The zero-order valence-electron chi connectivity index (χ0n) is 18.9. The van der Waals surface area contributed by atoms with Crippen molar-refractivity contribution in [1.29, 1.82) is 0 Å². The minimum absolute atomic E-state index is 0.0717. The highest BCUT2D eigenvalue weighted by Crippen LogP contribution is 2.30. The van der Waals surface area contributed by atoms with Crippen molar-refractivity contribution in [3.63, 3.8) is 0 Å². The summed E-state index contributed by atoms with van der Waals surface area (Å²) < 4.78 is 17.4. The fraction of sp³-hybridized carbons (Fsp3) is 0.417. The second-order valence-electron chi connectivity index (χ2n) is 8.07. The highest BCUT2D eigenvalue weighted by atomic mass is 32.1. The average molecular weight is 471 g/mol. The number of aromatic nitrogens is 2. The highest BCUT2D eigenvalue weighted by Gasteiger charge is 2.25. The number of ether oxygens (including phenoxy) is 3. The molecule has 0 amide bonds. The number of thiophene rings is 1. The number of carbonyl (C=O) groups is 2. The molecule has 4 rings (SSSR count). The SMILES string of the molecule is COc1ccc(C(=O)Cn2cnc3sc(C(=O)OC4CCCCC4)c(C)c3c2=O)c(OC)c1. The monoisotopic (exact) mass is 470 g/mol. The minimum atomic E-state index is -0.410. The van der Waals surface area contributed by atoms with Gasteiger partial charge in [0.2, 0.25) is 0 Å². The number of nitrogens with zero attached hydrogens (tertiary/aromatic N) is 2. The van der Waals surface area contributed by atoms with Gasteiger partial charge in [-0.05, 0) is 50.3 Å². The van der Waals surface area contributed by atoms with E-state index in [-0.39, 0.29) is 24.0 Å². The predicted molar refractivity (Wildman–Crippen MR) is 125 cm³/mol. The van der Waals surface area contributed by atoms with E-state index in [1.165, 1.54) is 31.5 Å². The molecule has 1 aliphatic rings.